The van der Waals surface area contributed by atoms with Gasteiger partial charge in [-0.1, -0.05) is 61.9 Å². The van der Waals surface area contributed by atoms with Gasteiger partial charge in [-0.2, -0.15) is 0 Å². The summed E-state index contributed by atoms with van der Waals surface area (Å²) in [6.45, 7) is 2.51. The number of unbranched alkanes of at least 4 members (excludes halogenated alkanes) is 1. The number of nitrogen functional groups attached to an aromatic ring is 1. The highest BCUT2D eigenvalue weighted by molar-refractivity contribution is 6.07. The van der Waals surface area contributed by atoms with Crippen molar-refractivity contribution in [2.24, 2.45) is 0 Å². The topological polar surface area (TPSA) is 101 Å². The van der Waals surface area contributed by atoms with Gasteiger partial charge < -0.3 is 10.6 Å². The molecule has 7 nitrogen and oxygen atoms in total. The van der Waals surface area contributed by atoms with Crippen LogP contribution in [-0.2, 0) is 6.54 Å². The summed E-state index contributed by atoms with van der Waals surface area (Å²) >= 11 is 0. The van der Waals surface area contributed by atoms with Crippen LogP contribution < -0.4 is 21.9 Å². The summed E-state index contributed by atoms with van der Waals surface area (Å²) in [5, 5.41) is 0. The van der Waals surface area contributed by atoms with E-state index in [1.807, 2.05) is 43.3 Å². The zero-order valence-corrected chi connectivity index (χ0v) is 16.3. The Kier molecular flexibility index (Phi) is 6.29. The number of anilines is 2. The highest BCUT2D eigenvalue weighted by atomic mass is 16.2. The van der Waals surface area contributed by atoms with E-state index in [2.05, 4.69) is 4.98 Å². The van der Waals surface area contributed by atoms with E-state index >= 15 is 0 Å². The number of rotatable bonds is 7. The number of aromatic amines is 1. The lowest BCUT2D eigenvalue weighted by molar-refractivity contribution is 0.0986. The minimum Gasteiger partial charge on any atom is -0.383 e. The van der Waals surface area contributed by atoms with Gasteiger partial charge >= 0.3 is 5.69 Å². The Bertz CT molecular complexity index is 1090. The number of nitrogens with two attached hydrogens (primary N) is 1. The second kappa shape index (κ2) is 9.05. The maximum atomic E-state index is 13.1. The zero-order chi connectivity index (χ0) is 20.8. The van der Waals surface area contributed by atoms with Crippen LogP contribution >= 0.6 is 0 Å². The zero-order valence-electron chi connectivity index (χ0n) is 16.3. The number of aromatic nitrogens is 2. The summed E-state index contributed by atoms with van der Waals surface area (Å²) < 4.78 is 1.28. The average Bonchev–Trinajstić information content (AvgIpc) is 2.74. The van der Waals surface area contributed by atoms with Gasteiger partial charge in [0.05, 0.1) is 6.54 Å². The molecule has 29 heavy (non-hydrogen) atoms. The Hall–Kier alpha value is -3.61. The van der Waals surface area contributed by atoms with Crippen LogP contribution in [-0.4, -0.2) is 22.0 Å². The van der Waals surface area contributed by atoms with E-state index < -0.39 is 11.2 Å². The largest absolute Gasteiger partial charge is 0.383 e. The van der Waals surface area contributed by atoms with E-state index in [1.165, 1.54) is 9.47 Å². The standard InChI is InChI=1S/C22H24N4O3/c1-2-3-14-25(21(28)17-12-8-5-9-13-17)18-19(23)26(22(29)24-20(18)27)15-16-10-6-4-7-11-16/h4-13H,2-3,14-15,23H2,1H3,(H,24,27,29). The van der Waals surface area contributed by atoms with Gasteiger partial charge in [-0.25, -0.2) is 4.79 Å². The van der Waals surface area contributed by atoms with Crippen molar-refractivity contribution < 1.29 is 4.79 Å². The molecule has 0 aliphatic heterocycles. The molecule has 0 saturated heterocycles. The molecule has 0 spiro atoms. The van der Waals surface area contributed by atoms with Gasteiger partial charge in [0, 0.05) is 12.1 Å². The van der Waals surface area contributed by atoms with E-state index in [9.17, 15) is 14.4 Å². The van der Waals surface area contributed by atoms with E-state index in [0.29, 0.717) is 18.5 Å². The third-order valence-corrected chi connectivity index (χ3v) is 4.67. The highest BCUT2D eigenvalue weighted by Gasteiger charge is 2.24. The molecule has 1 heterocycles. The van der Waals surface area contributed by atoms with Crippen LogP contribution in [0, 0.1) is 0 Å². The maximum Gasteiger partial charge on any atom is 0.330 e. The molecule has 3 rings (SSSR count). The van der Waals surface area contributed by atoms with Gasteiger partial charge in [0.1, 0.15) is 5.82 Å². The van der Waals surface area contributed by atoms with Crippen LogP contribution in [0.4, 0.5) is 11.5 Å². The summed E-state index contributed by atoms with van der Waals surface area (Å²) in [4.78, 5) is 41.9. The SMILES string of the molecule is CCCCN(C(=O)c1ccccc1)c1c(N)n(Cc2ccccc2)c(=O)[nH]c1=O. The first kappa shape index (κ1) is 20.1. The molecule has 7 heteroatoms. The molecule has 0 atom stereocenters. The number of hydrogen-bond acceptors (Lipinski definition) is 4. The number of hydrogen-bond donors (Lipinski definition) is 2. The Morgan fingerprint density at radius 2 is 1.66 bits per heavy atom. The van der Waals surface area contributed by atoms with E-state index in [1.54, 1.807) is 24.3 Å². The molecule has 0 fully saturated rings. The van der Waals surface area contributed by atoms with Crippen molar-refractivity contribution in [2.45, 2.75) is 26.3 Å². The normalized spacial score (nSPS) is 10.7. The highest BCUT2D eigenvalue weighted by Crippen LogP contribution is 2.21. The summed E-state index contributed by atoms with van der Waals surface area (Å²) in [6.07, 6.45) is 1.52. The fourth-order valence-electron chi connectivity index (χ4n) is 3.13. The fraction of sp³-hybridized carbons (Fsp3) is 0.227. The number of benzene rings is 2. The molecule has 0 aliphatic carbocycles. The number of amides is 1. The maximum absolute atomic E-state index is 13.1. The third-order valence-electron chi connectivity index (χ3n) is 4.67. The molecule has 3 N–H and O–H groups in total. The van der Waals surface area contributed by atoms with Gasteiger partial charge in [0.25, 0.3) is 11.5 Å². The van der Waals surface area contributed by atoms with Crippen molar-refractivity contribution in [3.05, 3.63) is 92.6 Å². The van der Waals surface area contributed by atoms with Crippen LogP contribution in [0.3, 0.4) is 0 Å². The first-order valence-electron chi connectivity index (χ1n) is 9.56. The Morgan fingerprint density at radius 3 is 2.28 bits per heavy atom. The molecule has 1 amide bonds. The number of nitrogens with one attached hydrogen (secondary N) is 1. The minimum atomic E-state index is -0.669. The smallest absolute Gasteiger partial charge is 0.330 e. The number of carbonyl (C=O) groups excluding carboxylic acids is 1. The van der Waals surface area contributed by atoms with Gasteiger partial charge in [-0.3, -0.25) is 19.1 Å². The molecule has 1 aromatic heterocycles. The lowest BCUT2D eigenvalue weighted by Crippen LogP contribution is -2.41. The van der Waals surface area contributed by atoms with Crippen molar-refractivity contribution >= 4 is 17.4 Å². The van der Waals surface area contributed by atoms with Crippen LogP contribution in [0.5, 0.6) is 0 Å². The predicted octanol–water partition coefficient (Wildman–Crippen LogP) is 2.61. The van der Waals surface area contributed by atoms with Crippen molar-refractivity contribution in [1.82, 2.24) is 9.55 Å². The fourth-order valence-corrected chi connectivity index (χ4v) is 3.13. The first-order chi connectivity index (χ1) is 14.0. The predicted molar refractivity (Wildman–Crippen MR) is 114 cm³/mol. The second-order valence-electron chi connectivity index (χ2n) is 6.74. The molecule has 2 aromatic carbocycles. The third kappa shape index (κ3) is 4.45. The van der Waals surface area contributed by atoms with Crippen molar-refractivity contribution in [3.8, 4) is 0 Å². The van der Waals surface area contributed by atoms with Gasteiger partial charge in [-0.15, -0.1) is 0 Å². The Morgan fingerprint density at radius 1 is 1.03 bits per heavy atom. The quantitative estimate of drug-likeness (QED) is 0.645. The first-order valence-corrected chi connectivity index (χ1v) is 9.56. The Balaban J connectivity index is 2.10. The summed E-state index contributed by atoms with van der Waals surface area (Å²) in [7, 11) is 0. The van der Waals surface area contributed by atoms with Crippen LogP contribution in [0.2, 0.25) is 0 Å². The molecular formula is C22H24N4O3. The van der Waals surface area contributed by atoms with Crippen LogP contribution in [0.1, 0.15) is 35.7 Å². The molecule has 0 radical (unpaired) electrons. The molecule has 150 valence electrons. The summed E-state index contributed by atoms with van der Waals surface area (Å²) in [5.74, 6) is -0.357. The molecule has 0 saturated carbocycles. The van der Waals surface area contributed by atoms with Crippen molar-refractivity contribution in [1.29, 1.82) is 0 Å². The van der Waals surface area contributed by atoms with E-state index in [0.717, 1.165) is 12.0 Å². The van der Waals surface area contributed by atoms with E-state index in [-0.39, 0.29) is 24.0 Å². The Labute approximate surface area is 168 Å². The molecular weight excluding hydrogens is 368 g/mol. The van der Waals surface area contributed by atoms with Crippen LogP contribution in [0.25, 0.3) is 0 Å². The summed E-state index contributed by atoms with van der Waals surface area (Å²) in [6, 6.07) is 18.0. The monoisotopic (exact) mass is 392 g/mol. The van der Waals surface area contributed by atoms with E-state index in [4.69, 9.17) is 5.73 Å². The van der Waals surface area contributed by atoms with Crippen LogP contribution in [0.15, 0.2) is 70.3 Å². The molecule has 0 unspecified atom stereocenters. The van der Waals surface area contributed by atoms with Gasteiger partial charge in [-0.05, 0) is 24.1 Å². The van der Waals surface area contributed by atoms with Crippen molar-refractivity contribution in [2.75, 3.05) is 17.2 Å². The average molecular weight is 392 g/mol. The number of carbonyl (C=O) groups is 1. The van der Waals surface area contributed by atoms with Gasteiger partial charge in [0.15, 0.2) is 5.69 Å². The molecule has 0 aliphatic rings. The summed E-state index contributed by atoms with van der Waals surface area (Å²) in [5.41, 5.74) is 6.30. The van der Waals surface area contributed by atoms with Crippen molar-refractivity contribution in [3.63, 3.8) is 0 Å². The minimum absolute atomic E-state index is 0.00262. The number of H-pyrrole nitrogens is 1. The molecule has 0 bridgehead atoms. The number of nitrogens with zero attached hydrogens (tertiary/aromatic N) is 2. The second-order valence-corrected chi connectivity index (χ2v) is 6.74. The lowest BCUT2D eigenvalue weighted by Gasteiger charge is -2.24. The lowest BCUT2D eigenvalue weighted by atomic mass is 10.1. The van der Waals surface area contributed by atoms with Gasteiger partial charge in [0.2, 0.25) is 0 Å². The molecule has 3 aromatic rings.